The van der Waals surface area contributed by atoms with E-state index in [0.717, 1.165) is 25.9 Å². The molecule has 25 heavy (non-hydrogen) atoms. The minimum atomic E-state index is -3.35. The quantitative estimate of drug-likeness (QED) is 0.851. The lowest BCUT2D eigenvalue weighted by Crippen LogP contribution is -3.18. The number of hydrogen-bond donors (Lipinski definition) is 1. The number of nitrogens with one attached hydrogen (secondary N) is 1. The fourth-order valence-electron chi connectivity index (χ4n) is 3.48. The van der Waals surface area contributed by atoms with Crippen molar-refractivity contribution in [1.82, 2.24) is 4.31 Å². The number of piperazine rings is 1. The normalized spacial score (nSPS) is 18.1. The summed E-state index contributed by atoms with van der Waals surface area (Å²) >= 11 is 0. The van der Waals surface area contributed by atoms with E-state index in [4.69, 9.17) is 0 Å². The molecule has 1 aliphatic rings. The van der Waals surface area contributed by atoms with Gasteiger partial charge < -0.3 is 4.90 Å². The zero-order valence-corrected chi connectivity index (χ0v) is 15.6. The maximum Gasteiger partial charge on any atom is 0.243 e. The Morgan fingerprint density at radius 3 is 2.12 bits per heavy atom. The van der Waals surface area contributed by atoms with Gasteiger partial charge in [-0.1, -0.05) is 48.5 Å². The zero-order valence-electron chi connectivity index (χ0n) is 14.8. The Morgan fingerprint density at radius 1 is 0.960 bits per heavy atom. The first-order chi connectivity index (χ1) is 12.1. The molecule has 5 heteroatoms. The summed E-state index contributed by atoms with van der Waals surface area (Å²) in [5.41, 5.74) is 1.37. The first-order valence-electron chi connectivity index (χ1n) is 9.01. The monoisotopic (exact) mass is 359 g/mol. The van der Waals surface area contributed by atoms with Crippen LogP contribution >= 0.6 is 0 Å². The lowest BCUT2D eigenvalue weighted by molar-refractivity contribution is -0.927. The number of sulfonamides is 1. The Hall–Kier alpha value is -1.69. The van der Waals surface area contributed by atoms with Gasteiger partial charge in [-0.2, -0.15) is 4.31 Å². The summed E-state index contributed by atoms with van der Waals surface area (Å²) in [6, 6.07) is 19.9. The molecule has 2 aromatic rings. The van der Waals surface area contributed by atoms with Crippen molar-refractivity contribution >= 4 is 10.0 Å². The molecule has 0 bridgehead atoms. The summed E-state index contributed by atoms with van der Waals surface area (Å²) in [7, 11) is -3.35. The van der Waals surface area contributed by atoms with Crippen LogP contribution < -0.4 is 4.90 Å². The van der Waals surface area contributed by atoms with Crippen LogP contribution in [0.2, 0.25) is 0 Å². The molecule has 1 heterocycles. The molecule has 1 fully saturated rings. The van der Waals surface area contributed by atoms with Crippen LogP contribution in [0.4, 0.5) is 0 Å². The maximum atomic E-state index is 12.7. The molecule has 1 atom stereocenters. The summed E-state index contributed by atoms with van der Waals surface area (Å²) in [4.78, 5) is 1.91. The summed E-state index contributed by atoms with van der Waals surface area (Å²) in [6.45, 7) is 5.23. The van der Waals surface area contributed by atoms with Gasteiger partial charge in [-0.25, -0.2) is 8.42 Å². The smallest absolute Gasteiger partial charge is 0.243 e. The molecule has 0 aliphatic carbocycles. The second-order valence-electron chi connectivity index (χ2n) is 6.80. The third-order valence-corrected chi connectivity index (χ3v) is 7.06. The molecule has 3 rings (SSSR count). The van der Waals surface area contributed by atoms with Crippen molar-refractivity contribution < 1.29 is 13.3 Å². The second-order valence-corrected chi connectivity index (χ2v) is 8.74. The number of benzene rings is 2. The SMILES string of the molecule is CC(CCc1ccccc1)[NH+]1CCN(S(=O)(=O)c2ccccc2)CC1. The number of hydrogen-bond acceptors (Lipinski definition) is 2. The Kier molecular flexibility index (Phi) is 5.89. The molecule has 0 amide bonds. The molecule has 0 aromatic heterocycles. The summed E-state index contributed by atoms with van der Waals surface area (Å²) in [5, 5.41) is 0. The van der Waals surface area contributed by atoms with Gasteiger partial charge in [-0.15, -0.1) is 0 Å². The lowest BCUT2D eigenvalue weighted by atomic mass is 10.0. The van der Waals surface area contributed by atoms with Crippen LogP contribution in [0, 0.1) is 0 Å². The highest BCUT2D eigenvalue weighted by atomic mass is 32.2. The van der Waals surface area contributed by atoms with Gasteiger partial charge >= 0.3 is 0 Å². The molecular weight excluding hydrogens is 332 g/mol. The fourth-order valence-corrected chi connectivity index (χ4v) is 4.94. The largest absolute Gasteiger partial charge is 0.331 e. The first-order valence-corrected chi connectivity index (χ1v) is 10.4. The minimum Gasteiger partial charge on any atom is -0.331 e. The van der Waals surface area contributed by atoms with E-state index in [1.165, 1.54) is 10.5 Å². The number of aryl methyl sites for hydroxylation is 1. The van der Waals surface area contributed by atoms with E-state index in [9.17, 15) is 8.42 Å². The number of nitrogens with zero attached hydrogens (tertiary/aromatic N) is 1. The average molecular weight is 360 g/mol. The van der Waals surface area contributed by atoms with E-state index >= 15 is 0 Å². The Labute approximate surface area is 151 Å². The van der Waals surface area contributed by atoms with Crippen LogP contribution in [0.3, 0.4) is 0 Å². The summed E-state index contributed by atoms with van der Waals surface area (Å²) in [5.74, 6) is 0. The Balaban J connectivity index is 1.53. The van der Waals surface area contributed by atoms with Crippen LogP contribution in [0.25, 0.3) is 0 Å². The van der Waals surface area contributed by atoms with Crippen LogP contribution in [-0.4, -0.2) is 44.9 Å². The molecule has 4 nitrogen and oxygen atoms in total. The molecule has 1 saturated heterocycles. The van der Waals surface area contributed by atoms with Gasteiger partial charge in [0.1, 0.15) is 0 Å². The van der Waals surface area contributed by atoms with Crippen LogP contribution in [0.5, 0.6) is 0 Å². The highest BCUT2D eigenvalue weighted by molar-refractivity contribution is 7.89. The van der Waals surface area contributed by atoms with Crippen LogP contribution in [0.1, 0.15) is 18.9 Å². The van der Waals surface area contributed by atoms with Crippen molar-refractivity contribution in [2.75, 3.05) is 26.2 Å². The van der Waals surface area contributed by atoms with Crippen molar-refractivity contribution in [2.24, 2.45) is 0 Å². The molecule has 1 N–H and O–H groups in total. The van der Waals surface area contributed by atoms with Gasteiger partial charge in [0.2, 0.25) is 10.0 Å². The molecule has 2 aromatic carbocycles. The van der Waals surface area contributed by atoms with E-state index in [1.807, 2.05) is 12.1 Å². The van der Waals surface area contributed by atoms with Gasteiger partial charge in [-0.3, -0.25) is 0 Å². The van der Waals surface area contributed by atoms with E-state index in [-0.39, 0.29) is 0 Å². The molecule has 1 unspecified atom stereocenters. The molecule has 0 radical (unpaired) electrons. The Bertz CT molecular complexity index is 755. The van der Waals surface area contributed by atoms with Crippen molar-refractivity contribution in [3.05, 3.63) is 66.2 Å². The predicted octanol–water partition coefficient (Wildman–Crippen LogP) is 1.60. The van der Waals surface area contributed by atoms with E-state index in [0.29, 0.717) is 24.0 Å². The van der Waals surface area contributed by atoms with Crippen molar-refractivity contribution in [1.29, 1.82) is 0 Å². The summed E-state index contributed by atoms with van der Waals surface area (Å²) in [6.07, 6.45) is 2.21. The van der Waals surface area contributed by atoms with Crippen LogP contribution in [0.15, 0.2) is 65.6 Å². The molecule has 0 spiro atoms. The van der Waals surface area contributed by atoms with E-state index in [1.54, 1.807) is 28.6 Å². The van der Waals surface area contributed by atoms with Gasteiger partial charge in [0.15, 0.2) is 0 Å². The third-order valence-electron chi connectivity index (χ3n) is 5.15. The Morgan fingerprint density at radius 2 is 1.52 bits per heavy atom. The number of rotatable bonds is 6. The topological polar surface area (TPSA) is 41.8 Å². The van der Waals surface area contributed by atoms with Crippen molar-refractivity contribution in [3.8, 4) is 0 Å². The summed E-state index contributed by atoms with van der Waals surface area (Å²) < 4.78 is 27.0. The van der Waals surface area contributed by atoms with Gasteiger partial charge in [0.05, 0.1) is 37.1 Å². The van der Waals surface area contributed by atoms with E-state index < -0.39 is 10.0 Å². The van der Waals surface area contributed by atoms with E-state index in [2.05, 4.69) is 31.2 Å². The maximum absolute atomic E-state index is 12.7. The lowest BCUT2D eigenvalue weighted by Gasteiger charge is -2.34. The van der Waals surface area contributed by atoms with Crippen molar-refractivity contribution in [2.45, 2.75) is 30.7 Å². The zero-order chi connectivity index (χ0) is 17.7. The second kappa shape index (κ2) is 8.13. The molecular formula is C20H27N2O2S+. The first kappa shape index (κ1) is 18.1. The van der Waals surface area contributed by atoms with Gasteiger partial charge in [0, 0.05) is 6.42 Å². The standard InChI is InChI=1S/C20H26N2O2S/c1-18(12-13-19-8-4-2-5-9-19)21-14-16-22(17-15-21)25(23,24)20-10-6-3-7-11-20/h2-11,18H,12-17H2,1H3/p+1. The third kappa shape index (κ3) is 4.48. The molecule has 134 valence electrons. The van der Waals surface area contributed by atoms with Gasteiger partial charge in [-0.05, 0) is 31.0 Å². The highest BCUT2D eigenvalue weighted by Crippen LogP contribution is 2.15. The predicted molar refractivity (Wildman–Crippen MR) is 100 cm³/mol. The average Bonchev–Trinajstić information content (AvgIpc) is 2.68. The van der Waals surface area contributed by atoms with Crippen molar-refractivity contribution in [3.63, 3.8) is 0 Å². The number of quaternary nitrogens is 1. The highest BCUT2D eigenvalue weighted by Gasteiger charge is 2.31. The molecule has 0 saturated carbocycles. The fraction of sp³-hybridized carbons (Fsp3) is 0.400. The van der Waals surface area contributed by atoms with Crippen LogP contribution in [-0.2, 0) is 16.4 Å². The minimum absolute atomic E-state index is 0.399. The van der Waals surface area contributed by atoms with Gasteiger partial charge in [0.25, 0.3) is 0 Å². The molecule has 1 aliphatic heterocycles.